The van der Waals surface area contributed by atoms with Gasteiger partial charge in [0, 0.05) is 16.1 Å². The molecule has 0 radical (unpaired) electrons. The van der Waals surface area contributed by atoms with E-state index >= 15 is 0 Å². The van der Waals surface area contributed by atoms with Gasteiger partial charge in [-0.15, -0.1) is 0 Å². The second kappa shape index (κ2) is 7.42. The fourth-order valence-electron chi connectivity index (χ4n) is 4.23. The van der Waals surface area contributed by atoms with E-state index in [2.05, 4.69) is 47.5 Å². The van der Waals surface area contributed by atoms with Crippen molar-refractivity contribution in [2.24, 2.45) is 10.4 Å². The van der Waals surface area contributed by atoms with Gasteiger partial charge in [0.15, 0.2) is 0 Å². The molecule has 4 heteroatoms. The molecule has 2 aliphatic heterocycles. The molecule has 2 aromatic carbocycles. The minimum atomic E-state index is 0.137. The Labute approximate surface area is 161 Å². The molecule has 0 aliphatic carbocycles. The van der Waals surface area contributed by atoms with E-state index in [9.17, 15) is 0 Å². The second-order valence-corrected chi connectivity index (χ2v) is 7.90. The highest BCUT2D eigenvalue weighted by molar-refractivity contribution is 6.30. The molecule has 2 heterocycles. The van der Waals surface area contributed by atoms with E-state index in [-0.39, 0.29) is 5.41 Å². The molecule has 1 N–H and O–H groups in total. The highest BCUT2D eigenvalue weighted by Gasteiger charge is 2.42. The Hall–Kier alpha value is -1.84. The topological polar surface area (TPSA) is 27.6 Å². The predicted octanol–water partition coefficient (Wildman–Crippen LogP) is 5.01. The minimum Gasteiger partial charge on any atom is -0.343 e. The monoisotopic (exact) mass is 367 g/mol. The summed E-state index contributed by atoms with van der Waals surface area (Å²) in [6.45, 7) is 6.35. The number of nitrogens with zero attached hydrogens (tertiary/aromatic N) is 2. The number of rotatable bonds is 3. The minimum absolute atomic E-state index is 0.137. The molecule has 0 unspecified atom stereocenters. The number of para-hydroxylation sites is 1. The van der Waals surface area contributed by atoms with Crippen molar-refractivity contribution < 1.29 is 0 Å². The Kier molecular flexibility index (Phi) is 5.01. The number of hydrogen-bond donors (Lipinski definition) is 1. The van der Waals surface area contributed by atoms with E-state index in [1.54, 1.807) is 0 Å². The van der Waals surface area contributed by atoms with Crippen molar-refractivity contribution in [3.63, 3.8) is 0 Å². The molecule has 0 atom stereocenters. The lowest BCUT2D eigenvalue weighted by molar-refractivity contribution is 0.157. The first-order valence-electron chi connectivity index (χ1n) is 9.55. The van der Waals surface area contributed by atoms with Crippen molar-refractivity contribution in [1.29, 1.82) is 0 Å². The molecular weight excluding hydrogens is 342 g/mol. The third-order valence-electron chi connectivity index (χ3n) is 5.87. The van der Waals surface area contributed by atoms with Crippen LogP contribution < -0.4 is 5.32 Å². The van der Waals surface area contributed by atoms with E-state index in [0.29, 0.717) is 6.54 Å². The van der Waals surface area contributed by atoms with Crippen molar-refractivity contribution in [3.05, 3.63) is 64.7 Å². The van der Waals surface area contributed by atoms with Gasteiger partial charge in [0.25, 0.3) is 0 Å². The van der Waals surface area contributed by atoms with Crippen molar-refractivity contribution >= 4 is 23.1 Å². The van der Waals surface area contributed by atoms with Gasteiger partial charge in [-0.3, -0.25) is 4.99 Å². The fourth-order valence-corrected chi connectivity index (χ4v) is 4.44. The lowest BCUT2D eigenvalue weighted by atomic mass is 9.70. The van der Waals surface area contributed by atoms with Crippen molar-refractivity contribution in [1.82, 2.24) is 4.90 Å². The summed E-state index contributed by atoms with van der Waals surface area (Å²) in [5.41, 5.74) is 3.92. The molecule has 0 saturated carbocycles. The van der Waals surface area contributed by atoms with E-state index in [4.69, 9.17) is 16.6 Å². The number of likely N-dealkylation sites (tertiary alicyclic amines) is 1. The number of nitrogens with one attached hydrogen (secondary N) is 1. The summed E-state index contributed by atoms with van der Waals surface area (Å²) in [4.78, 5) is 7.59. The van der Waals surface area contributed by atoms with Crippen LogP contribution in [0.1, 0.15) is 30.9 Å². The largest absolute Gasteiger partial charge is 0.343 e. The van der Waals surface area contributed by atoms with Crippen LogP contribution in [0.4, 0.5) is 5.69 Å². The molecule has 26 heavy (non-hydrogen) atoms. The maximum atomic E-state index is 6.14. The molecule has 2 aromatic rings. The Bertz CT molecular complexity index is 807. The number of hydrogen-bond acceptors (Lipinski definition) is 2. The normalized spacial score (nSPS) is 20.8. The molecule has 1 saturated heterocycles. The molecule has 136 valence electrons. The van der Waals surface area contributed by atoms with Crippen LogP contribution in [-0.2, 0) is 13.0 Å². The van der Waals surface area contributed by atoms with Gasteiger partial charge in [0.05, 0.1) is 6.54 Å². The van der Waals surface area contributed by atoms with Gasteiger partial charge in [0.2, 0.25) is 0 Å². The Morgan fingerprint density at radius 1 is 1.12 bits per heavy atom. The van der Waals surface area contributed by atoms with Gasteiger partial charge in [-0.1, -0.05) is 48.9 Å². The summed E-state index contributed by atoms with van der Waals surface area (Å²) in [5.74, 6) is 1.16. The highest BCUT2D eigenvalue weighted by atomic mass is 35.5. The molecular formula is C22H26ClN3. The standard InChI is InChI=1S/C22H26ClN3/c1-2-26-12-10-22(11-13-26)15-18-7-3-4-9-20(18)25-21(22)24-16-17-6-5-8-19(23)14-17/h3-9,14H,2,10-13,15-16H2,1H3,(H,24,25). The van der Waals surface area contributed by atoms with Crippen LogP contribution in [-0.4, -0.2) is 30.4 Å². The zero-order chi connectivity index (χ0) is 18.0. The summed E-state index contributed by atoms with van der Waals surface area (Å²) in [7, 11) is 0. The summed E-state index contributed by atoms with van der Waals surface area (Å²) in [6, 6.07) is 16.7. The second-order valence-electron chi connectivity index (χ2n) is 7.47. The molecule has 3 nitrogen and oxygen atoms in total. The average molecular weight is 368 g/mol. The van der Waals surface area contributed by atoms with E-state index in [1.807, 2.05) is 18.2 Å². The smallest absolute Gasteiger partial charge is 0.108 e. The van der Waals surface area contributed by atoms with Crippen LogP contribution in [0.15, 0.2) is 53.5 Å². The fraction of sp³-hybridized carbons (Fsp3) is 0.409. The third-order valence-corrected chi connectivity index (χ3v) is 6.11. The van der Waals surface area contributed by atoms with Gasteiger partial charge >= 0.3 is 0 Å². The molecule has 0 aromatic heterocycles. The average Bonchev–Trinajstić information content (AvgIpc) is 2.67. The maximum absolute atomic E-state index is 6.14. The van der Waals surface area contributed by atoms with E-state index < -0.39 is 0 Å². The summed E-state index contributed by atoms with van der Waals surface area (Å²) in [6.07, 6.45) is 3.41. The Morgan fingerprint density at radius 3 is 2.69 bits per heavy atom. The first-order valence-corrected chi connectivity index (χ1v) is 9.93. The highest BCUT2D eigenvalue weighted by Crippen LogP contribution is 2.42. The van der Waals surface area contributed by atoms with Gasteiger partial charge in [-0.25, -0.2) is 0 Å². The number of aliphatic imine (C=N–C) groups is 1. The first-order chi connectivity index (χ1) is 12.7. The van der Waals surface area contributed by atoms with Crippen molar-refractivity contribution in [2.45, 2.75) is 32.7 Å². The summed E-state index contributed by atoms with van der Waals surface area (Å²) >= 11 is 6.14. The van der Waals surface area contributed by atoms with Crippen LogP contribution in [0, 0.1) is 5.41 Å². The van der Waals surface area contributed by atoms with Crippen LogP contribution in [0.5, 0.6) is 0 Å². The van der Waals surface area contributed by atoms with Crippen molar-refractivity contribution in [3.8, 4) is 0 Å². The van der Waals surface area contributed by atoms with Gasteiger partial charge in [-0.2, -0.15) is 0 Å². The SMILES string of the molecule is CCN1CCC2(CC1)Cc1ccccc1NC2=NCc1cccc(Cl)c1. The molecule has 0 bridgehead atoms. The van der Waals surface area contributed by atoms with Gasteiger partial charge in [0.1, 0.15) is 5.84 Å². The number of anilines is 1. The first kappa shape index (κ1) is 17.6. The number of piperidine rings is 1. The summed E-state index contributed by atoms with van der Waals surface area (Å²) in [5, 5.41) is 4.45. The van der Waals surface area contributed by atoms with Crippen LogP contribution in [0.3, 0.4) is 0 Å². The van der Waals surface area contributed by atoms with Crippen LogP contribution >= 0.6 is 11.6 Å². The number of benzene rings is 2. The van der Waals surface area contributed by atoms with Crippen LogP contribution in [0.25, 0.3) is 0 Å². The van der Waals surface area contributed by atoms with Crippen LogP contribution in [0.2, 0.25) is 5.02 Å². The number of halogens is 1. The number of fused-ring (bicyclic) bond motifs is 1. The maximum Gasteiger partial charge on any atom is 0.108 e. The summed E-state index contributed by atoms with van der Waals surface area (Å²) < 4.78 is 0. The lowest BCUT2D eigenvalue weighted by Gasteiger charge is -2.45. The van der Waals surface area contributed by atoms with Gasteiger partial charge < -0.3 is 10.2 Å². The molecule has 1 spiro atoms. The van der Waals surface area contributed by atoms with Crippen molar-refractivity contribution in [2.75, 3.05) is 25.0 Å². The molecule has 0 amide bonds. The van der Waals surface area contributed by atoms with E-state index in [0.717, 1.165) is 55.3 Å². The lowest BCUT2D eigenvalue weighted by Crippen LogP contribution is -2.49. The number of amidine groups is 1. The van der Waals surface area contributed by atoms with E-state index in [1.165, 1.54) is 11.3 Å². The Morgan fingerprint density at radius 2 is 1.92 bits per heavy atom. The quantitative estimate of drug-likeness (QED) is 0.825. The predicted molar refractivity (Wildman–Crippen MR) is 110 cm³/mol. The molecule has 1 fully saturated rings. The Balaban J connectivity index is 1.64. The zero-order valence-electron chi connectivity index (χ0n) is 15.3. The zero-order valence-corrected chi connectivity index (χ0v) is 16.1. The third kappa shape index (κ3) is 3.51. The molecule has 2 aliphatic rings. The van der Waals surface area contributed by atoms with Gasteiger partial charge in [-0.05, 0) is 68.2 Å². The molecule has 4 rings (SSSR count).